The van der Waals surface area contributed by atoms with Crippen LogP contribution in [-0.4, -0.2) is 16.0 Å². The highest BCUT2D eigenvalue weighted by Crippen LogP contribution is 2.15. The van der Waals surface area contributed by atoms with Gasteiger partial charge in [-0.25, -0.2) is 0 Å². The molecular weight excluding hydrogens is 304 g/mol. The quantitative estimate of drug-likeness (QED) is 0.691. The Labute approximate surface area is 138 Å². The zero-order valence-corrected chi connectivity index (χ0v) is 12.8. The number of H-pyrrole nitrogens is 1. The van der Waals surface area contributed by atoms with Crippen molar-refractivity contribution in [1.29, 1.82) is 0 Å². The lowest BCUT2D eigenvalue weighted by Crippen LogP contribution is -2.23. The van der Waals surface area contributed by atoms with E-state index in [2.05, 4.69) is 10.3 Å². The summed E-state index contributed by atoms with van der Waals surface area (Å²) in [4.78, 5) is 27.2. The third kappa shape index (κ3) is 3.42. The molecule has 0 aliphatic carbocycles. The highest BCUT2D eigenvalue weighted by Gasteiger charge is 2.12. The van der Waals surface area contributed by atoms with Gasteiger partial charge in [-0.05, 0) is 35.4 Å². The lowest BCUT2D eigenvalue weighted by Gasteiger charge is -2.07. The molecule has 2 aromatic carbocycles. The van der Waals surface area contributed by atoms with E-state index < -0.39 is 11.5 Å². The van der Waals surface area contributed by atoms with E-state index in [1.54, 1.807) is 30.3 Å². The molecule has 1 heterocycles. The van der Waals surface area contributed by atoms with E-state index in [0.717, 1.165) is 5.56 Å². The second kappa shape index (κ2) is 6.93. The fourth-order valence-corrected chi connectivity index (χ4v) is 2.38. The molecule has 120 valence electrons. The minimum atomic E-state index is -0.494. The van der Waals surface area contributed by atoms with Crippen LogP contribution in [0.25, 0.3) is 11.3 Å². The zero-order chi connectivity index (χ0) is 16.9. The van der Waals surface area contributed by atoms with Crippen LogP contribution in [0.2, 0.25) is 0 Å². The van der Waals surface area contributed by atoms with Gasteiger partial charge in [-0.1, -0.05) is 42.5 Å². The van der Waals surface area contributed by atoms with Gasteiger partial charge in [0.25, 0.3) is 11.5 Å². The van der Waals surface area contributed by atoms with Crippen LogP contribution in [0.4, 0.5) is 5.69 Å². The number of aliphatic hydroxyl groups is 1. The number of rotatable bonds is 4. The third-order valence-electron chi connectivity index (χ3n) is 3.61. The normalized spacial score (nSPS) is 10.4. The van der Waals surface area contributed by atoms with E-state index >= 15 is 0 Å². The van der Waals surface area contributed by atoms with Crippen LogP contribution in [0.3, 0.4) is 0 Å². The number of carbonyl (C=O) groups excluding carboxylic acids is 1. The van der Waals surface area contributed by atoms with Gasteiger partial charge in [0.2, 0.25) is 0 Å². The van der Waals surface area contributed by atoms with Crippen molar-refractivity contribution in [1.82, 2.24) is 4.98 Å². The van der Waals surface area contributed by atoms with Crippen LogP contribution in [0.1, 0.15) is 15.9 Å². The number of amides is 1. The molecule has 0 radical (unpaired) electrons. The molecule has 0 aliphatic heterocycles. The molecule has 0 fully saturated rings. The highest BCUT2D eigenvalue weighted by atomic mass is 16.3. The molecule has 0 spiro atoms. The summed E-state index contributed by atoms with van der Waals surface area (Å²) in [6.07, 6.45) is 0. The Morgan fingerprint density at radius 3 is 2.50 bits per heavy atom. The minimum Gasteiger partial charge on any atom is -0.392 e. The van der Waals surface area contributed by atoms with Gasteiger partial charge >= 0.3 is 0 Å². The molecule has 0 saturated carbocycles. The first kappa shape index (κ1) is 15.7. The molecule has 24 heavy (non-hydrogen) atoms. The van der Waals surface area contributed by atoms with Crippen LogP contribution in [0.15, 0.2) is 71.5 Å². The van der Waals surface area contributed by atoms with Crippen LogP contribution in [0.5, 0.6) is 0 Å². The van der Waals surface area contributed by atoms with E-state index in [4.69, 9.17) is 5.11 Å². The molecular formula is C19H16N2O3. The first-order valence-corrected chi connectivity index (χ1v) is 7.47. The predicted octanol–water partition coefficient (Wildman–Crippen LogP) is 2.79. The fourth-order valence-electron chi connectivity index (χ4n) is 2.38. The van der Waals surface area contributed by atoms with Gasteiger partial charge in [-0.3, -0.25) is 9.59 Å². The van der Waals surface area contributed by atoms with E-state index in [9.17, 15) is 9.59 Å². The summed E-state index contributed by atoms with van der Waals surface area (Å²) in [7, 11) is 0. The summed E-state index contributed by atoms with van der Waals surface area (Å²) in [5, 5.41) is 11.8. The number of anilines is 1. The summed E-state index contributed by atoms with van der Waals surface area (Å²) in [5.41, 5.74) is 2.31. The van der Waals surface area contributed by atoms with Gasteiger partial charge < -0.3 is 15.4 Å². The highest BCUT2D eigenvalue weighted by molar-refractivity contribution is 6.04. The van der Waals surface area contributed by atoms with E-state index in [1.165, 1.54) is 6.07 Å². The Kier molecular flexibility index (Phi) is 4.54. The predicted molar refractivity (Wildman–Crippen MR) is 92.8 cm³/mol. The van der Waals surface area contributed by atoms with E-state index in [0.29, 0.717) is 16.9 Å². The summed E-state index contributed by atoms with van der Waals surface area (Å²) in [5.74, 6) is -0.494. The minimum absolute atomic E-state index is 0.0316. The number of aromatic nitrogens is 1. The maximum Gasteiger partial charge on any atom is 0.261 e. The summed E-state index contributed by atoms with van der Waals surface area (Å²) in [6, 6.07) is 19.4. The van der Waals surface area contributed by atoms with Gasteiger partial charge in [-0.2, -0.15) is 0 Å². The summed E-state index contributed by atoms with van der Waals surface area (Å²) >= 11 is 0. The Morgan fingerprint density at radius 2 is 1.79 bits per heavy atom. The molecule has 0 bridgehead atoms. The molecule has 0 unspecified atom stereocenters. The first-order chi connectivity index (χ1) is 11.7. The number of hydrogen-bond acceptors (Lipinski definition) is 3. The number of benzene rings is 2. The van der Waals surface area contributed by atoms with Crippen LogP contribution < -0.4 is 10.9 Å². The smallest absolute Gasteiger partial charge is 0.261 e. The number of nitrogens with one attached hydrogen (secondary N) is 2. The average Bonchev–Trinajstić information content (AvgIpc) is 2.62. The molecule has 3 rings (SSSR count). The lowest BCUT2D eigenvalue weighted by molar-refractivity contribution is 0.102. The number of aliphatic hydroxyl groups excluding tert-OH is 1. The molecule has 1 amide bonds. The molecule has 0 atom stereocenters. The maximum atomic E-state index is 12.3. The first-order valence-electron chi connectivity index (χ1n) is 7.47. The maximum absolute atomic E-state index is 12.3. The van der Waals surface area contributed by atoms with Crippen molar-refractivity contribution in [3.8, 4) is 11.3 Å². The van der Waals surface area contributed by atoms with E-state index in [1.807, 2.05) is 30.3 Å². The van der Waals surface area contributed by atoms with Crippen LogP contribution in [0, 0.1) is 0 Å². The van der Waals surface area contributed by atoms with Gasteiger partial charge in [0.15, 0.2) is 0 Å². The SMILES string of the molecule is O=C(Nc1cccc(CO)c1)c1ccc(-c2ccccc2)[nH]c1=O. The molecule has 3 aromatic rings. The second-order valence-electron chi connectivity index (χ2n) is 5.29. The largest absolute Gasteiger partial charge is 0.392 e. The van der Waals surface area contributed by atoms with Gasteiger partial charge in [0.05, 0.1) is 6.61 Å². The van der Waals surface area contributed by atoms with Crippen molar-refractivity contribution < 1.29 is 9.90 Å². The Balaban J connectivity index is 1.84. The monoisotopic (exact) mass is 320 g/mol. The van der Waals surface area contributed by atoms with Crippen molar-refractivity contribution in [2.24, 2.45) is 0 Å². The number of pyridine rings is 1. The van der Waals surface area contributed by atoms with Gasteiger partial charge in [-0.15, -0.1) is 0 Å². The molecule has 0 aliphatic rings. The van der Waals surface area contributed by atoms with Crippen LogP contribution >= 0.6 is 0 Å². The standard InChI is InChI=1S/C19H16N2O3/c22-12-13-5-4-8-15(11-13)20-18(23)16-9-10-17(21-19(16)24)14-6-2-1-3-7-14/h1-11,22H,12H2,(H,20,23)(H,21,24). The van der Waals surface area contributed by atoms with E-state index in [-0.39, 0.29) is 12.2 Å². The van der Waals surface area contributed by atoms with Crippen molar-refractivity contribution in [3.05, 3.63) is 88.2 Å². The number of carbonyl (C=O) groups is 1. The average molecular weight is 320 g/mol. The van der Waals surface area contributed by atoms with Gasteiger partial charge in [0.1, 0.15) is 5.56 Å². The molecule has 1 aromatic heterocycles. The Bertz CT molecular complexity index is 917. The van der Waals surface area contributed by atoms with Gasteiger partial charge in [0, 0.05) is 11.4 Å². The van der Waals surface area contributed by atoms with Crippen molar-refractivity contribution >= 4 is 11.6 Å². The summed E-state index contributed by atoms with van der Waals surface area (Å²) in [6.45, 7) is -0.115. The number of hydrogen-bond donors (Lipinski definition) is 3. The molecule has 5 heteroatoms. The fraction of sp³-hybridized carbons (Fsp3) is 0.0526. The van der Waals surface area contributed by atoms with Crippen molar-refractivity contribution in [3.63, 3.8) is 0 Å². The lowest BCUT2D eigenvalue weighted by atomic mass is 10.1. The third-order valence-corrected chi connectivity index (χ3v) is 3.61. The van der Waals surface area contributed by atoms with Crippen LogP contribution in [-0.2, 0) is 6.61 Å². The Hall–Kier alpha value is -3.18. The number of aromatic amines is 1. The molecule has 0 saturated heterocycles. The summed E-state index contributed by atoms with van der Waals surface area (Å²) < 4.78 is 0. The topological polar surface area (TPSA) is 82.2 Å². The molecule has 3 N–H and O–H groups in total. The second-order valence-corrected chi connectivity index (χ2v) is 5.29. The van der Waals surface area contributed by atoms with Crippen molar-refractivity contribution in [2.75, 3.05) is 5.32 Å². The molecule has 5 nitrogen and oxygen atoms in total. The van der Waals surface area contributed by atoms with Crippen molar-refractivity contribution in [2.45, 2.75) is 6.61 Å². The zero-order valence-electron chi connectivity index (χ0n) is 12.8. The Morgan fingerprint density at radius 1 is 1.00 bits per heavy atom.